The molecule has 0 bridgehead atoms. The highest BCUT2D eigenvalue weighted by Crippen LogP contribution is 2.12. The molecular formula is C11H25N3O3S. The van der Waals surface area contributed by atoms with Crippen molar-refractivity contribution in [3.05, 3.63) is 0 Å². The largest absolute Gasteiger partial charge is 0.380 e. The van der Waals surface area contributed by atoms with Crippen molar-refractivity contribution < 1.29 is 13.2 Å². The number of rotatable bonds is 8. The van der Waals surface area contributed by atoms with Crippen LogP contribution in [0.4, 0.5) is 0 Å². The number of nitrogens with one attached hydrogen (secondary N) is 1. The van der Waals surface area contributed by atoms with Crippen molar-refractivity contribution in [2.75, 3.05) is 39.4 Å². The Balaban J connectivity index is 2.21. The van der Waals surface area contributed by atoms with E-state index in [0.717, 1.165) is 25.7 Å². The maximum Gasteiger partial charge on any atom is 0.279 e. The third-order valence-electron chi connectivity index (χ3n) is 2.92. The normalized spacial score (nSPS) is 18.7. The molecule has 0 amide bonds. The average molecular weight is 279 g/mol. The van der Waals surface area contributed by atoms with Crippen LogP contribution in [0.15, 0.2) is 0 Å². The van der Waals surface area contributed by atoms with Gasteiger partial charge in [-0.05, 0) is 19.3 Å². The first kappa shape index (κ1) is 15.8. The molecule has 7 heteroatoms. The first-order chi connectivity index (χ1) is 8.67. The lowest BCUT2D eigenvalue weighted by molar-refractivity contribution is 0.140. The van der Waals surface area contributed by atoms with Crippen LogP contribution in [-0.4, -0.2) is 52.1 Å². The molecule has 1 aliphatic heterocycles. The Kier molecular flexibility index (Phi) is 7.76. The summed E-state index contributed by atoms with van der Waals surface area (Å²) in [7, 11) is -3.30. The molecule has 0 aromatic rings. The minimum atomic E-state index is -3.30. The maximum absolute atomic E-state index is 12.0. The average Bonchev–Trinajstić information content (AvgIpc) is 2.63. The van der Waals surface area contributed by atoms with Crippen LogP contribution in [-0.2, 0) is 14.9 Å². The Morgan fingerprint density at radius 1 is 1.11 bits per heavy atom. The van der Waals surface area contributed by atoms with Gasteiger partial charge < -0.3 is 10.5 Å². The number of hydrogen-bond acceptors (Lipinski definition) is 4. The zero-order valence-corrected chi connectivity index (χ0v) is 11.8. The molecule has 0 unspecified atom stereocenters. The molecule has 0 radical (unpaired) electrons. The molecular weight excluding hydrogens is 254 g/mol. The van der Waals surface area contributed by atoms with Crippen molar-refractivity contribution in [3.8, 4) is 0 Å². The van der Waals surface area contributed by atoms with Crippen LogP contribution in [0.2, 0.25) is 0 Å². The van der Waals surface area contributed by atoms with Gasteiger partial charge in [-0.1, -0.05) is 12.8 Å². The lowest BCUT2D eigenvalue weighted by Gasteiger charge is -2.20. The zero-order valence-electron chi connectivity index (χ0n) is 10.9. The van der Waals surface area contributed by atoms with Crippen LogP contribution in [0, 0.1) is 0 Å². The van der Waals surface area contributed by atoms with Gasteiger partial charge in [0.15, 0.2) is 0 Å². The zero-order chi connectivity index (χ0) is 13.3. The van der Waals surface area contributed by atoms with Crippen molar-refractivity contribution in [2.24, 2.45) is 5.73 Å². The highest BCUT2D eigenvalue weighted by Gasteiger charge is 2.21. The van der Waals surface area contributed by atoms with Gasteiger partial charge in [0.1, 0.15) is 0 Å². The predicted octanol–water partition coefficient (Wildman–Crippen LogP) is 0.0622. The Morgan fingerprint density at radius 3 is 2.39 bits per heavy atom. The van der Waals surface area contributed by atoms with E-state index in [1.165, 1.54) is 0 Å². The second-order valence-corrected chi connectivity index (χ2v) is 6.22. The van der Waals surface area contributed by atoms with Crippen molar-refractivity contribution in [1.82, 2.24) is 9.03 Å². The molecule has 0 saturated carbocycles. The maximum atomic E-state index is 12.0. The molecule has 0 aromatic carbocycles. The summed E-state index contributed by atoms with van der Waals surface area (Å²) in [5.41, 5.74) is 5.28. The van der Waals surface area contributed by atoms with Gasteiger partial charge in [-0.3, -0.25) is 0 Å². The molecule has 0 aliphatic carbocycles. The second-order valence-electron chi connectivity index (χ2n) is 4.47. The van der Waals surface area contributed by atoms with Gasteiger partial charge in [-0.2, -0.15) is 12.7 Å². The minimum absolute atomic E-state index is 0.420. The number of hydrogen-bond donors (Lipinski definition) is 2. The summed E-state index contributed by atoms with van der Waals surface area (Å²) in [4.78, 5) is 0. The topological polar surface area (TPSA) is 84.7 Å². The smallest absolute Gasteiger partial charge is 0.279 e. The summed E-state index contributed by atoms with van der Waals surface area (Å²) in [5.74, 6) is 0. The van der Waals surface area contributed by atoms with Crippen LogP contribution in [0.3, 0.4) is 0 Å². The van der Waals surface area contributed by atoms with E-state index in [1.807, 2.05) is 0 Å². The van der Waals surface area contributed by atoms with E-state index in [9.17, 15) is 8.42 Å². The first-order valence-electron chi connectivity index (χ1n) is 6.69. The van der Waals surface area contributed by atoms with Gasteiger partial charge >= 0.3 is 0 Å². The molecule has 18 heavy (non-hydrogen) atoms. The van der Waals surface area contributed by atoms with Gasteiger partial charge in [-0.15, -0.1) is 0 Å². The fourth-order valence-corrected chi connectivity index (χ4v) is 3.26. The summed E-state index contributed by atoms with van der Waals surface area (Å²) >= 11 is 0. The monoisotopic (exact) mass is 279 g/mol. The van der Waals surface area contributed by atoms with E-state index in [4.69, 9.17) is 10.5 Å². The summed E-state index contributed by atoms with van der Waals surface area (Å²) in [6.07, 6.45) is 4.84. The van der Waals surface area contributed by atoms with Crippen LogP contribution in [0.5, 0.6) is 0 Å². The number of ether oxygens (including phenoxy) is 1. The predicted molar refractivity (Wildman–Crippen MR) is 71.5 cm³/mol. The second kappa shape index (κ2) is 8.82. The highest BCUT2D eigenvalue weighted by atomic mass is 32.2. The fourth-order valence-electron chi connectivity index (χ4n) is 1.93. The molecule has 108 valence electrons. The standard InChI is InChI=1S/C11H25N3O3S/c12-6-11-17-10-5-7-13-18(15,16)14-8-3-1-2-4-9-14/h13H,1-12H2. The molecule has 1 rings (SSSR count). The SMILES string of the molecule is NCCOCCCNS(=O)(=O)N1CCCCCC1. The Bertz CT molecular complexity index is 301. The van der Waals surface area contributed by atoms with Crippen LogP contribution in [0.1, 0.15) is 32.1 Å². The summed E-state index contributed by atoms with van der Waals surface area (Å²) < 4.78 is 33.3. The van der Waals surface area contributed by atoms with E-state index in [0.29, 0.717) is 45.8 Å². The highest BCUT2D eigenvalue weighted by molar-refractivity contribution is 7.87. The Labute approximate surface area is 110 Å². The Hall–Kier alpha value is -0.210. The molecule has 3 N–H and O–H groups in total. The first-order valence-corrected chi connectivity index (χ1v) is 8.13. The van der Waals surface area contributed by atoms with Gasteiger partial charge in [-0.25, -0.2) is 4.72 Å². The van der Waals surface area contributed by atoms with Gasteiger partial charge in [0, 0.05) is 32.8 Å². The molecule has 0 aromatic heterocycles. The number of nitrogens with two attached hydrogens (primary N) is 1. The van der Waals surface area contributed by atoms with E-state index < -0.39 is 10.2 Å². The van der Waals surface area contributed by atoms with Gasteiger partial charge in [0.2, 0.25) is 0 Å². The lowest BCUT2D eigenvalue weighted by atomic mass is 10.2. The summed E-state index contributed by atoms with van der Waals surface area (Å²) in [6.45, 7) is 3.26. The minimum Gasteiger partial charge on any atom is -0.380 e. The van der Waals surface area contributed by atoms with Crippen molar-refractivity contribution in [2.45, 2.75) is 32.1 Å². The summed E-state index contributed by atoms with van der Waals surface area (Å²) in [6, 6.07) is 0. The quantitative estimate of drug-likeness (QED) is 0.615. The van der Waals surface area contributed by atoms with Gasteiger partial charge in [0.05, 0.1) is 6.61 Å². The van der Waals surface area contributed by atoms with Crippen LogP contribution >= 0.6 is 0 Å². The molecule has 1 aliphatic rings. The molecule has 1 saturated heterocycles. The van der Waals surface area contributed by atoms with E-state index in [1.54, 1.807) is 4.31 Å². The van der Waals surface area contributed by atoms with E-state index in [2.05, 4.69) is 4.72 Å². The third kappa shape index (κ3) is 6.10. The Morgan fingerprint density at radius 2 is 1.78 bits per heavy atom. The van der Waals surface area contributed by atoms with Crippen molar-refractivity contribution >= 4 is 10.2 Å². The lowest BCUT2D eigenvalue weighted by Crippen LogP contribution is -2.41. The summed E-state index contributed by atoms with van der Waals surface area (Å²) in [5, 5.41) is 0. The third-order valence-corrected chi connectivity index (χ3v) is 4.53. The number of nitrogens with zero attached hydrogens (tertiary/aromatic N) is 1. The molecule has 6 nitrogen and oxygen atoms in total. The van der Waals surface area contributed by atoms with E-state index in [-0.39, 0.29) is 0 Å². The van der Waals surface area contributed by atoms with Crippen molar-refractivity contribution in [1.29, 1.82) is 0 Å². The fraction of sp³-hybridized carbons (Fsp3) is 1.00. The molecule has 1 fully saturated rings. The molecule has 1 heterocycles. The van der Waals surface area contributed by atoms with Crippen LogP contribution < -0.4 is 10.5 Å². The van der Waals surface area contributed by atoms with E-state index >= 15 is 0 Å². The van der Waals surface area contributed by atoms with Crippen molar-refractivity contribution in [3.63, 3.8) is 0 Å². The van der Waals surface area contributed by atoms with Crippen LogP contribution in [0.25, 0.3) is 0 Å². The molecule has 0 atom stereocenters. The molecule has 0 spiro atoms. The van der Waals surface area contributed by atoms with Gasteiger partial charge in [0.25, 0.3) is 10.2 Å².